The summed E-state index contributed by atoms with van der Waals surface area (Å²) in [5, 5.41) is 7.91. The van der Waals surface area contributed by atoms with E-state index in [0.29, 0.717) is 5.69 Å². The van der Waals surface area contributed by atoms with Gasteiger partial charge in [-0.25, -0.2) is 4.68 Å². The van der Waals surface area contributed by atoms with Crippen LogP contribution in [0.3, 0.4) is 0 Å². The molecular formula is C24H33N5O. The Morgan fingerprint density at radius 3 is 2.50 bits per heavy atom. The maximum absolute atomic E-state index is 13.1. The van der Waals surface area contributed by atoms with Gasteiger partial charge in [0.1, 0.15) is 11.4 Å². The number of rotatable bonds is 10. The summed E-state index contributed by atoms with van der Waals surface area (Å²) in [4.78, 5) is 15.5. The van der Waals surface area contributed by atoms with Crippen molar-refractivity contribution in [2.24, 2.45) is 7.05 Å². The Balaban J connectivity index is 1.77. The summed E-state index contributed by atoms with van der Waals surface area (Å²) in [6, 6.07) is 15.8. The number of nitrogens with zero attached hydrogens (tertiary/aromatic N) is 4. The van der Waals surface area contributed by atoms with Gasteiger partial charge < -0.3 is 14.8 Å². The van der Waals surface area contributed by atoms with Gasteiger partial charge in [-0.05, 0) is 69.7 Å². The van der Waals surface area contributed by atoms with Crippen molar-refractivity contribution >= 4 is 5.91 Å². The van der Waals surface area contributed by atoms with E-state index in [-0.39, 0.29) is 11.9 Å². The topological polar surface area (TPSA) is 55.1 Å². The first kappa shape index (κ1) is 21.8. The van der Waals surface area contributed by atoms with Crippen molar-refractivity contribution in [3.8, 4) is 17.1 Å². The van der Waals surface area contributed by atoms with Crippen molar-refractivity contribution < 1.29 is 4.79 Å². The standard InChI is InChI=1S/C24H33N5O/c1-5-28(6-2)17-10-12-19(3)25-24(30)23-18-21(22-15-11-16-27(22)4)26-29(23)20-13-8-7-9-14-20/h7-9,11,13-16,18-19H,5-6,10,12,17H2,1-4H3,(H,25,30). The first-order chi connectivity index (χ1) is 14.5. The monoisotopic (exact) mass is 407 g/mol. The highest BCUT2D eigenvalue weighted by atomic mass is 16.2. The predicted octanol–water partition coefficient (Wildman–Crippen LogP) is 4.12. The fraction of sp³-hybridized carbons (Fsp3) is 0.417. The van der Waals surface area contributed by atoms with Crippen molar-refractivity contribution in [1.82, 2.24) is 24.6 Å². The van der Waals surface area contributed by atoms with E-state index in [1.54, 1.807) is 4.68 Å². The number of carbonyl (C=O) groups excluding carboxylic acids is 1. The summed E-state index contributed by atoms with van der Waals surface area (Å²) < 4.78 is 3.75. The maximum Gasteiger partial charge on any atom is 0.270 e. The zero-order valence-electron chi connectivity index (χ0n) is 18.5. The van der Waals surface area contributed by atoms with Crippen LogP contribution < -0.4 is 5.32 Å². The quantitative estimate of drug-likeness (QED) is 0.550. The molecule has 160 valence electrons. The Kier molecular flexibility index (Phi) is 7.46. The lowest BCUT2D eigenvalue weighted by Gasteiger charge is -2.20. The van der Waals surface area contributed by atoms with E-state index < -0.39 is 0 Å². The summed E-state index contributed by atoms with van der Waals surface area (Å²) in [5.74, 6) is -0.0952. The number of hydrogen-bond donors (Lipinski definition) is 1. The molecule has 0 aliphatic carbocycles. The average molecular weight is 408 g/mol. The molecule has 6 nitrogen and oxygen atoms in total. The van der Waals surface area contributed by atoms with Gasteiger partial charge in [0, 0.05) is 19.3 Å². The first-order valence-electron chi connectivity index (χ1n) is 10.8. The Labute approximate surface area is 179 Å². The molecule has 3 rings (SSSR count). The van der Waals surface area contributed by atoms with Crippen LogP contribution in [-0.2, 0) is 7.05 Å². The number of hydrogen-bond acceptors (Lipinski definition) is 3. The van der Waals surface area contributed by atoms with Gasteiger partial charge in [-0.2, -0.15) is 5.10 Å². The normalized spacial score (nSPS) is 12.3. The highest BCUT2D eigenvalue weighted by Gasteiger charge is 2.20. The number of aromatic nitrogens is 3. The zero-order valence-corrected chi connectivity index (χ0v) is 18.5. The molecule has 1 amide bonds. The predicted molar refractivity (Wildman–Crippen MR) is 122 cm³/mol. The number of benzene rings is 1. The Hall–Kier alpha value is -2.86. The fourth-order valence-corrected chi connectivity index (χ4v) is 3.69. The van der Waals surface area contributed by atoms with Crippen LogP contribution in [-0.4, -0.2) is 50.8 Å². The van der Waals surface area contributed by atoms with Gasteiger partial charge in [0.15, 0.2) is 0 Å². The largest absolute Gasteiger partial charge is 0.349 e. The molecule has 1 atom stereocenters. The van der Waals surface area contributed by atoms with Crippen LogP contribution in [0.5, 0.6) is 0 Å². The fourth-order valence-electron chi connectivity index (χ4n) is 3.69. The van der Waals surface area contributed by atoms with Crippen molar-refractivity contribution in [1.29, 1.82) is 0 Å². The van der Waals surface area contributed by atoms with Crippen LogP contribution in [0.2, 0.25) is 0 Å². The van der Waals surface area contributed by atoms with Crippen LogP contribution in [0.1, 0.15) is 44.1 Å². The third kappa shape index (κ3) is 5.19. The molecule has 0 aliphatic rings. The molecule has 1 N–H and O–H groups in total. The Morgan fingerprint density at radius 1 is 1.13 bits per heavy atom. The van der Waals surface area contributed by atoms with Gasteiger partial charge in [-0.15, -0.1) is 0 Å². The van der Waals surface area contributed by atoms with E-state index >= 15 is 0 Å². The Bertz CT molecular complexity index is 940. The lowest BCUT2D eigenvalue weighted by Crippen LogP contribution is -2.34. The molecule has 0 saturated carbocycles. The summed E-state index contributed by atoms with van der Waals surface area (Å²) >= 11 is 0. The summed E-state index contributed by atoms with van der Waals surface area (Å²) in [6.45, 7) is 9.63. The van der Waals surface area contributed by atoms with Crippen LogP contribution in [0.25, 0.3) is 17.1 Å². The third-order valence-corrected chi connectivity index (χ3v) is 5.53. The summed E-state index contributed by atoms with van der Waals surface area (Å²) in [5.41, 5.74) is 3.18. The number of amides is 1. The lowest BCUT2D eigenvalue weighted by molar-refractivity contribution is 0.0929. The second-order valence-corrected chi connectivity index (χ2v) is 7.71. The van der Waals surface area contributed by atoms with Crippen molar-refractivity contribution in [3.05, 3.63) is 60.4 Å². The molecule has 3 aromatic rings. The molecule has 0 radical (unpaired) electrons. The van der Waals surface area contributed by atoms with E-state index in [1.165, 1.54) is 0 Å². The molecule has 1 aromatic carbocycles. The highest BCUT2D eigenvalue weighted by molar-refractivity contribution is 5.94. The van der Waals surface area contributed by atoms with Gasteiger partial charge >= 0.3 is 0 Å². The number of nitrogens with one attached hydrogen (secondary N) is 1. The van der Waals surface area contributed by atoms with Gasteiger partial charge in [0.2, 0.25) is 0 Å². The van der Waals surface area contributed by atoms with E-state index in [9.17, 15) is 4.79 Å². The van der Waals surface area contributed by atoms with E-state index in [2.05, 4.69) is 31.0 Å². The highest BCUT2D eigenvalue weighted by Crippen LogP contribution is 2.22. The lowest BCUT2D eigenvalue weighted by atomic mass is 10.1. The van der Waals surface area contributed by atoms with Gasteiger partial charge in [0.05, 0.1) is 11.4 Å². The molecular weight excluding hydrogens is 374 g/mol. The van der Waals surface area contributed by atoms with E-state index in [1.807, 2.05) is 66.3 Å². The zero-order chi connectivity index (χ0) is 21.5. The maximum atomic E-state index is 13.1. The average Bonchev–Trinajstić information content (AvgIpc) is 3.38. The summed E-state index contributed by atoms with van der Waals surface area (Å²) in [6.07, 6.45) is 4.00. The van der Waals surface area contributed by atoms with E-state index in [0.717, 1.165) is 49.6 Å². The molecule has 0 fully saturated rings. The van der Waals surface area contributed by atoms with Crippen LogP contribution in [0.15, 0.2) is 54.7 Å². The van der Waals surface area contributed by atoms with Crippen LogP contribution >= 0.6 is 0 Å². The van der Waals surface area contributed by atoms with Crippen molar-refractivity contribution in [2.75, 3.05) is 19.6 Å². The molecule has 1 unspecified atom stereocenters. The summed E-state index contributed by atoms with van der Waals surface area (Å²) in [7, 11) is 1.98. The molecule has 0 aliphatic heterocycles. The minimum absolute atomic E-state index is 0.0952. The third-order valence-electron chi connectivity index (χ3n) is 5.53. The second-order valence-electron chi connectivity index (χ2n) is 7.71. The van der Waals surface area contributed by atoms with Crippen LogP contribution in [0.4, 0.5) is 0 Å². The number of carbonyl (C=O) groups is 1. The van der Waals surface area contributed by atoms with Crippen LogP contribution in [0, 0.1) is 0 Å². The smallest absolute Gasteiger partial charge is 0.270 e. The first-order valence-corrected chi connectivity index (χ1v) is 10.8. The molecule has 0 saturated heterocycles. The Morgan fingerprint density at radius 2 is 1.87 bits per heavy atom. The number of aryl methyl sites for hydroxylation is 1. The molecule has 0 spiro atoms. The van der Waals surface area contributed by atoms with Crippen molar-refractivity contribution in [2.45, 2.75) is 39.7 Å². The number of para-hydroxylation sites is 1. The molecule has 0 bridgehead atoms. The SMILES string of the molecule is CCN(CC)CCCC(C)NC(=O)c1cc(-c2cccn2C)nn1-c1ccccc1. The molecule has 6 heteroatoms. The van der Waals surface area contributed by atoms with E-state index in [4.69, 9.17) is 5.10 Å². The molecule has 2 heterocycles. The van der Waals surface area contributed by atoms with Crippen molar-refractivity contribution in [3.63, 3.8) is 0 Å². The minimum atomic E-state index is -0.0952. The van der Waals surface area contributed by atoms with Gasteiger partial charge in [-0.1, -0.05) is 32.0 Å². The molecule has 2 aromatic heterocycles. The minimum Gasteiger partial charge on any atom is -0.349 e. The van der Waals surface area contributed by atoms with Gasteiger partial charge in [0.25, 0.3) is 5.91 Å². The molecule has 30 heavy (non-hydrogen) atoms. The van der Waals surface area contributed by atoms with Gasteiger partial charge in [-0.3, -0.25) is 4.79 Å². The second kappa shape index (κ2) is 10.3.